The Kier molecular flexibility index (Phi) is 7.55. The van der Waals surface area contributed by atoms with Crippen LogP contribution < -0.4 is 0 Å². The largest absolute Gasteiger partial charge is 0.346 e. The maximum Gasteiger partial charge on any atom is 0.346 e. The quantitative estimate of drug-likeness (QED) is 0.543. The fraction of sp³-hybridized carbons (Fsp3) is 0.769. The Labute approximate surface area is 119 Å². The lowest BCUT2D eigenvalue weighted by atomic mass is 10.4. The molecule has 1 amide bonds. The highest BCUT2D eigenvalue weighted by atomic mass is 32.2. The van der Waals surface area contributed by atoms with Crippen LogP contribution in [0.15, 0.2) is 11.5 Å². The summed E-state index contributed by atoms with van der Waals surface area (Å²) in [7, 11) is 0. The van der Waals surface area contributed by atoms with E-state index in [-0.39, 0.29) is 6.03 Å². The summed E-state index contributed by atoms with van der Waals surface area (Å²) in [6, 6.07) is -0.0708. The van der Waals surface area contributed by atoms with Gasteiger partial charge < -0.3 is 4.90 Å². The molecule has 0 aromatic carbocycles. The number of thioether (sulfide) groups is 1. The SMILES string of the molecule is CCCCSc1ncn(C(=O)N(CCC)CCC)n1. The maximum absolute atomic E-state index is 12.2. The van der Waals surface area contributed by atoms with Crippen LogP contribution in [0.5, 0.6) is 0 Å². The average molecular weight is 284 g/mol. The molecular weight excluding hydrogens is 260 g/mol. The third kappa shape index (κ3) is 5.22. The Hall–Kier alpha value is -1.04. The molecule has 0 N–H and O–H groups in total. The zero-order valence-corrected chi connectivity index (χ0v) is 12.9. The third-order valence-corrected chi connectivity index (χ3v) is 3.59. The second-order valence-corrected chi connectivity index (χ2v) is 5.51. The number of hydrogen-bond donors (Lipinski definition) is 0. The molecule has 108 valence electrons. The van der Waals surface area contributed by atoms with Crippen molar-refractivity contribution in [3.8, 4) is 0 Å². The van der Waals surface area contributed by atoms with Crippen molar-refractivity contribution in [2.75, 3.05) is 18.8 Å². The van der Waals surface area contributed by atoms with Gasteiger partial charge in [-0.1, -0.05) is 39.0 Å². The van der Waals surface area contributed by atoms with Gasteiger partial charge in [-0.25, -0.2) is 9.78 Å². The van der Waals surface area contributed by atoms with Gasteiger partial charge in [-0.3, -0.25) is 0 Å². The summed E-state index contributed by atoms with van der Waals surface area (Å²) in [4.78, 5) is 18.3. The molecule has 0 spiro atoms. The van der Waals surface area contributed by atoms with E-state index in [2.05, 4.69) is 30.9 Å². The lowest BCUT2D eigenvalue weighted by Crippen LogP contribution is -2.36. The predicted molar refractivity (Wildman–Crippen MR) is 78.6 cm³/mol. The normalized spacial score (nSPS) is 10.7. The number of hydrogen-bond acceptors (Lipinski definition) is 4. The molecular formula is C13H24N4OS. The molecule has 1 rings (SSSR count). The molecule has 1 aromatic rings. The highest BCUT2D eigenvalue weighted by Gasteiger charge is 2.15. The Bertz CT molecular complexity index is 374. The fourth-order valence-corrected chi connectivity index (χ4v) is 2.58. The van der Waals surface area contributed by atoms with Gasteiger partial charge >= 0.3 is 6.03 Å². The van der Waals surface area contributed by atoms with Crippen LogP contribution in [0.1, 0.15) is 46.5 Å². The average Bonchev–Trinajstić information content (AvgIpc) is 2.87. The summed E-state index contributed by atoms with van der Waals surface area (Å²) in [6.07, 6.45) is 5.74. The van der Waals surface area contributed by atoms with Crippen LogP contribution in [0.2, 0.25) is 0 Å². The van der Waals surface area contributed by atoms with Gasteiger partial charge in [0.15, 0.2) is 0 Å². The Morgan fingerprint density at radius 3 is 2.53 bits per heavy atom. The summed E-state index contributed by atoms with van der Waals surface area (Å²) in [5, 5.41) is 4.93. The van der Waals surface area contributed by atoms with Crippen LogP contribution in [0, 0.1) is 0 Å². The van der Waals surface area contributed by atoms with E-state index in [1.165, 1.54) is 11.0 Å². The van der Waals surface area contributed by atoms with E-state index < -0.39 is 0 Å². The highest BCUT2D eigenvalue weighted by Crippen LogP contribution is 2.14. The first-order valence-electron chi connectivity index (χ1n) is 7.06. The number of carbonyl (C=O) groups excluding carboxylic acids is 1. The minimum absolute atomic E-state index is 0.0708. The van der Waals surface area contributed by atoms with Gasteiger partial charge in [-0.15, -0.1) is 5.10 Å². The first kappa shape index (κ1) is 16.0. The van der Waals surface area contributed by atoms with Gasteiger partial charge in [-0.05, 0) is 19.3 Å². The van der Waals surface area contributed by atoms with Crippen LogP contribution in [0.4, 0.5) is 4.79 Å². The lowest BCUT2D eigenvalue weighted by Gasteiger charge is -2.20. The Morgan fingerprint density at radius 2 is 1.95 bits per heavy atom. The first-order valence-corrected chi connectivity index (χ1v) is 8.05. The van der Waals surface area contributed by atoms with E-state index in [9.17, 15) is 4.79 Å². The van der Waals surface area contributed by atoms with Crippen molar-refractivity contribution in [2.45, 2.75) is 51.6 Å². The van der Waals surface area contributed by atoms with Crippen LogP contribution in [-0.2, 0) is 0 Å². The second-order valence-electron chi connectivity index (χ2n) is 4.44. The van der Waals surface area contributed by atoms with Gasteiger partial charge in [0.25, 0.3) is 0 Å². The van der Waals surface area contributed by atoms with E-state index in [1.54, 1.807) is 11.8 Å². The molecule has 0 aliphatic heterocycles. The van der Waals surface area contributed by atoms with Crippen molar-refractivity contribution < 1.29 is 4.79 Å². The number of amides is 1. The smallest absolute Gasteiger partial charge is 0.323 e. The Morgan fingerprint density at radius 1 is 1.26 bits per heavy atom. The number of rotatable bonds is 8. The van der Waals surface area contributed by atoms with Gasteiger partial charge in [0.05, 0.1) is 0 Å². The summed E-state index contributed by atoms with van der Waals surface area (Å²) < 4.78 is 1.36. The summed E-state index contributed by atoms with van der Waals surface area (Å²) >= 11 is 1.61. The highest BCUT2D eigenvalue weighted by molar-refractivity contribution is 7.99. The molecule has 0 aliphatic carbocycles. The molecule has 0 aliphatic rings. The monoisotopic (exact) mass is 284 g/mol. The fourth-order valence-electron chi connectivity index (χ4n) is 1.70. The molecule has 0 atom stereocenters. The molecule has 6 heteroatoms. The van der Waals surface area contributed by atoms with Crippen molar-refractivity contribution in [2.24, 2.45) is 0 Å². The van der Waals surface area contributed by atoms with E-state index in [4.69, 9.17) is 0 Å². The van der Waals surface area contributed by atoms with Crippen molar-refractivity contribution in [1.29, 1.82) is 0 Å². The molecule has 1 heterocycles. The Balaban J connectivity index is 2.60. The van der Waals surface area contributed by atoms with E-state index in [1.807, 2.05) is 4.90 Å². The van der Waals surface area contributed by atoms with Gasteiger partial charge in [-0.2, -0.15) is 4.68 Å². The van der Waals surface area contributed by atoms with Crippen molar-refractivity contribution in [3.63, 3.8) is 0 Å². The van der Waals surface area contributed by atoms with Crippen LogP contribution in [0.3, 0.4) is 0 Å². The first-order chi connectivity index (χ1) is 9.22. The zero-order chi connectivity index (χ0) is 14.1. The molecule has 0 bridgehead atoms. The number of carbonyl (C=O) groups is 1. The van der Waals surface area contributed by atoms with Gasteiger partial charge in [0.2, 0.25) is 5.16 Å². The topological polar surface area (TPSA) is 51.0 Å². The molecule has 0 saturated heterocycles. The third-order valence-electron chi connectivity index (χ3n) is 2.65. The van der Waals surface area contributed by atoms with E-state index >= 15 is 0 Å². The molecule has 0 unspecified atom stereocenters. The van der Waals surface area contributed by atoms with Crippen LogP contribution >= 0.6 is 11.8 Å². The van der Waals surface area contributed by atoms with E-state index in [0.717, 1.165) is 44.5 Å². The summed E-state index contributed by atoms with van der Waals surface area (Å²) in [5.74, 6) is 1.00. The summed E-state index contributed by atoms with van der Waals surface area (Å²) in [5.41, 5.74) is 0. The van der Waals surface area contributed by atoms with Gasteiger partial charge in [0, 0.05) is 18.8 Å². The minimum atomic E-state index is -0.0708. The van der Waals surface area contributed by atoms with Gasteiger partial charge in [0.1, 0.15) is 6.33 Å². The van der Waals surface area contributed by atoms with Crippen molar-refractivity contribution in [3.05, 3.63) is 6.33 Å². The molecule has 0 fully saturated rings. The maximum atomic E-state index is 12.2. The number of nitrogens with zero attached hydrogens (tertiary/aromatic N) is 4. The molecule has 5 nitrogen and oxygen atoms in total. The second kappa shape index (κ2) is 8.96. The van der Waals surface area contributed by atoms with E-state index in [0.29, 0.717) is 5.16 Å². The molecule has 1 aromatic heterocycles. The predicted octanol–water partition coefficient (Wildman–Crippen LogP) is 3.26. The number of unbranched alkanes of at least 4 members (excludes halogenated alkanes) is 1. The molecule has 0 saturated carbocycles. The molecule has 19 heavy (non-hydrogen) atoms. The van der Waals surface area contributed by atoms with Crippen molar-refractivity contribution in [1.82, 2.24) is 19.7 Å². The molecule has 0 radical (unpaired) electrons. The minimum Gasteiger partial charge on any atom is -0.323 e. The standard InChI is InChI=1S/C13H24N4OS/c1-4-7-10-19-12-14-11-17(15-12)13(18)16(8-5-2)9-6-3/h11H,4-10H2,1-3H3. The zero-order valence-electron chi connectivity index (χ0n) is 12.1. The van der Waals surface area contributed by atoms with Crippen LogP contribution in [-0.4, -0.2) is 44.5 Å². The van der Waals surface area contributed by atoms with Crippen LogP contribution in [0.25, 0.3) is 0 Å². The number of aromatic nitrogens is 3. The summed E-state index contributed by atoms with van der Waals surface area (Å²) in [6.45, 7) is 7.84. The lowest BCUT2D eigenvalue weighted by molar-refractivity contribution is 0.196. The van der Waals surface area contributed by atoms with Crippen molar-refractivity contribution >= 4 is 17.8 Å².